The molecule has 0 aliphatic rings. The first-order valence-corrected chi connectivity index (χ1v) is 8.06. The first-order chi connectivity index (χ1) is 11.9. The molecule has 1 unspecified atom stereocenters. The van der Waals surface area contributed by atoms with Crippen molar-refractivity contribution in [2.45, 2.75) is 19.9 Å². The third-order valence-electron chi connectivity index (χ3n) is 3.49. The monoisotopic (exact) mass is 361 g/mol. The lowest BCUT2D eigenvalue weighted by Gasteiger charge is -2.17. The Kier molecular flexibility index (Phi) is 6.25. The Bertz CT molecular complexity index is 780. The summed E-state index contributed by atoms with van der Waals surface area (Å²) >= 11 is 6.15. The highest BCUT2D eigenvalue weighted by atomic mass is 35.5. The summed E-state index contributed by atoms with van der Waals surface area (Å²) in [5.74, 6) is 0.280. The van der Waals surface area contributed by atoms with Gasteiger partial charge in [0.05, 0.1) is 18.8 Å². The van der Waals surface area contributed by atoms with Crippen LogP contribution in [0.3, 0.4) is 0 Å². The topological polar surface area (TPSA) is 79.5 Å². The van der Waals surface area contributed by atoms with Crippen molar-refractivity contribution < 1.29 is 14.3 Å². The maximum Gasteiger partial charge on any atom is 0.319 e. The van der Waals surface area contributed by atoms with Gasteiger partial charge in [-0.15, -0.1) is 0 Å². The minimum absolute atomic E-state index is 0.201. The lowest BCUT2D eigenvalue weighted by Crippen LogP contribution is -2.31. The number of urea groups is 1. The molecule has 0 aliphatic heterocycles. The molecule has 3 amide bonds. The van der Waals surface area contributed by atoms with Crippen LogP contribution in [0.15, 0.2) is 42.5 Å². The van der Waals surface area contributed by atoms with E-state index in [0.717, 1.165) is 5.56 Å². The Morgan fingerprint density at radius 2 is 1.84 bits per heavy atom. The zero-order valence-electron chi connectivity index (χ0n) is 14.2. The molecule has 1 atom stereocenters. The number of halogens is 1. The van der Waals surface area contributed by atoms with Crippen molar-refractivity contribution in [3.05, 3.63) is 53.1 Å². The average Bonchev–Trinajstić information content (AvgIpc) is 2.54. The average molecular weight is 362 g/mol. The van der Waals surface area contributed by atoms with Crippen LogP contribution in [-0.2, 0) is 4.79 Å². The second kappa shape index (κ2) is 8.39. The molecule has 2 aromatic carbocycles. The predicted octanol–water partition coefficient (Wildman–Crippen LogP) is 4.19. The number of carbonyl (C=O) groups is 2. The highest BCUT2D eigenvalue weighted by Crippen LogP contribution is 2.28. The molecule has 2 rings (SSSR count). The number of anilines is 2. The second-order valence-electron chi connectivity index (χ2n) is 5.44. The van der Waals surface area contributed by atoms with Crippen molar-refractivity contribution in [2.24, 2.45) is 0 Å². The maximum atomic E-state index is 12.3. The van der Waals surface area contributed by atoms with Crippen LogP contribution in [0.2, 0.25) is 5.02 Å². The molecule has 0 bridgehead atoms. The van der Waals surface area contributed by atoms with Gasteiger partial charge in [0.2, 0.25) is 5.91 Å². The van der Waals surface area contributed by atoms with Gasteiger partial charge in [0.15, 0.2) is 0 Å². The zero-order chi connectivity index (χ0) is 18.4. The number of benzene rings is 2. The lowest BCUT2D eigenvalue weighted by atomic mass is 10.1. The minimum atomic E-state index is -0.411. The molecule has 25 heavy (non-hydrogen) atoms. The third kappa shape index (κ3) is 5.12. The Balaban J connectivity index is 2.11. The molecule has 0 aromatic heterocycles. The summed E-state index contributed by atoms with van der Waals surface area (Å²) in [5.41, 5.74) is 1.82. The third-order valence-corrected chi connectivity index (χ3v) is 3.83. The summed E-state index contributed by atoms with van der Waals surface area (Å²) in [4.78, 5) is 23.5. The van der Waals surface area contributed by atoms with Gasteiger partial charge in [0.25, 0.3) is 0 Å². The van der Waals surface area contributed by atoms with Gasteiger partial charge in [0, 0.05) is 17.6 Å². The van der Waals surface area contributed by atoms with E-state index >= 15 is 0 Å². The summed E-state index contributed by atoms with van der Waals surface area (Å²) < 4.78 is 5.24. The number of methoxy groups -OCH3 is 1. The van der Waals surface area contributed by atoms with Crippen LogP contribution in [0.4, 0.5) is 16.2 Å². The van der Waals surface area contributed by atoms with Crippen LogP contribution < -0.4 is 20.7 Å². The van der Waals surface area contributed by atoms with Gasteiger partial charge in [-0.3, -0.25) is 4.79 Å². The number of carbonyl (C=O) groups excluding carboxylic acids is 2. The highest BCUT2D eigenvalue weighted by molar-refractivity contribution is 6.31. The van der Waals surface area contributed by atoms with Crippen molar-refractivity contribution in [3.8, 4) is 5.75 Å². The van der Waals surface area contributed by atoms with Gasteiger partial charge in [-0.25, -0.2) is 4.79 Å². The molecule has 0 spiro atoms. The molecule has 0 saturated heterocycles. The molecule has 7 heteroatoms. The molecule has 6 nitrogen and oxygen atoms in total. The zero-order valence-corrected chi connectivity index (χ0v) is 15.0. The number of ether oxygens (including phenoxy) is 1. The summed E-state index contributed by atoms with van der Waals surface area (Å²) in [7, 11) is 1.50. The highest BCUT2D eigenvalue weighted by Gasteiger charge is 2.14. The van der Waals surface area contributed by atoms with Crippen molar-refractivity contribution in [1.29, 1.82) is 0 Å². The van der Waals surface area contributed by atoms with Crippen LogP contribution in [0, 0.1) is 0 Å². The van der Waals surface area contributed by atoms with Crippen LogP contribution in [0.25, 0.3) is 0 Å². The fourth-order valence-electron chi connectivity index (χ4n) is 2.35. The standard InChI is InChI=1S/C18H20ClN3O3/c1-11(14-6-4-5-7-15(14)19)20-18(24)22-16-10-13(21-12(2)23)8-9-17(16)25-3/h4-11H,1-3H3,(H,21,23)(H2,20,22,24). The molecular formula is C18H20ClN3O3. The Morgan fingerprint density at radius 3 is 2.48 bits per heavy atom. The van der Waals surface area contributed by atoms with Gasteiger partial charge < -0.3 is 20.7 Å². The van der Waals surface area contributed by atoms with E-state index in [2.05, 4.69) is 16.0 Å². The van der Waals surface area contributed by atoms with E-state index in [1.807, 2.05) is 25.1 Å². The van der Waals surface area contributed by atoms with Crippen LogP contribution >= 0.6 is 11.6 Å². The van der Waals surface area contributed by atoms with Crippen LogP contribution in [-0.4, -0.2) is 19.0 Å². The van der Waals surface area contributed by atoms with Gasteiger partial charge in [-0.1, -0.05) is 29.8 Å². The molecule has 132 valence electrons. The number of amides is 3. The van der Waals surface area contributed by atoms with Crippen molar-refractivity contribution in [1.82, 2.24) is 5.32 Å². The number of nitrogens with one attached hydrogen (secondary N) is 3. The predicted molar refractivity (Wildman–Crippen MR) is 99.3 cm³/mol. The summed E-state index contributed by atoms with van der Waals surface area (Å²) in [6.07, 6.45) is 0. The van der Waals surface area contributed by atoms with Crippen LogP contribution in [0.1, 0.15) is 25.5 Å². The first kappa shape index (κ1) is 18.6. The van der Waals surface area contributed by atoms with E-state index in [1.165, 1.54) is 14.0 Å². The molecule has 3 N–H and O–H groups in total. The van der Waals surface area contributed by atoms with E-state index in [0.29, 0.717) is 22.1 Å². The number of hydrogen-bond donors (Lipinski definition) is 3. The molecule has 0 aliphatic carbocycles. The van der Waals surface area contributed by atoms with E-state index in [9.17, 15) is 9.59 Å². The van der Waals surface area contributed by atoms with Gasteiger partial charge in [0.1, 0.15) is 5.75 Å². The van der Waals surface area contributed by atoms with Gasteiger partial charge >= 0.3 is 6.03 Å². The number of rotatable bonds is 5. The quantitative estimate of drug-likeness (QED) is 0.747. The Hall–Kier alpha value is -2.73. The lowest BCUT2D eigenvalue weighted by molar-refractivity contribution is -0.114. The Labute approximate surface area is 151 Å². The summed E-state index contributed by atoms with van der Waals surface area (Å²) in [6, 6.07) is 11.6. The van der Waals surface area contributed by atoms with E-state index in [4.69, 9.17) is 16.3 Å². The van der Waals surface area contributed by atoms with Crippen molar-refractivity contribution in [2.75, 3.05) is 17.7 Å². The normalized spacial score (nSPS) is 11.4. The largest absolute Gasteiger partial charge is 0.495 e. The van der Waals surface area contributed by atoms with E-state index in [-0.39, 0.29) is 11.9 Å². The molecular weight excluding hydrogens is 342 g/mol. The fourth-order valence-corrected chi connectivity index (χ4v) is 2.65. The van der Waals surface area contributed by atoms with Crippen LogP contribution in [0.5, 0.6) is 5.75 Å². The SMILES string of the molecule is COc1ccc(NC(C)=O)cc1NC(=O)NC(C)c1ccccc1Cl. The molecule has 2 aromatic rings. The molecule has 0 radical (unpaired) electrons. The summed E-state index contributed by atoms with van der Waals surface area (Å²) in [6.45, 7) is 3.25. The number of hydrogen-bond acceptors (Lipinski definition) is 3. The maximum absolute atomic E-state index is 12.3. The van der Waals surface area contributed by atoms with E-state index < -0.39 is 6.03 Å². The molecule has 0 saturated carbocycles. The Morgan fingerprint density at radius 1 is 1.12 bits per heavy atom. The minimum Gasteiger partial charge on any atom is -0.495 e. The summed E-state index contributed by atoms with van der Waals surface area (Å²) in [5, 5.41) is 8.79. The van der Waals surface area contributed by atoms with Gasteiger partial charge in [-0.2, -0.15) is 0 Å². The van der Waals surface area contributed by atoms with Crippen molar-refractivity contribution in [3.63, 3.8) is 0 Å². The molecule has 0 fully saturated rings. The first-order valence-electron chi connectivity index (χ1n) is 7.68. The van der Waals surface area contributed by atoms with Gasteiger partial charge in [-0.05, 0) is 36.8 Å². The van der Waals surface area contributed by atoms with E-state index in [1.54, 1.807) is 24.3 Å². The second-order valence-corrected chi connectivity index (χ2v) is 5.85. The van der Waals surface area contributed by atoms with Crippen molar-refractivity contribution >= 4 is 34.9 Å². The molecule has 0 heterocycles. The fraction of sp³-hybridized carbons (Fsp3) is 0.222. The smallest absolute Gasteiger partial charge is 0.319 e.